The fourth-order valence-electron chi connectivity index (χ4n) is 4.61. The number of urea groups is 1. The van der Waals surface area contributed by atoms with Gasteiger partial charge in [-0.3, -0.25) is 9.69 Å². The zero-order chi connectivity index (χ0) is 21.6. The number of imide groups is 1. The second-order valence-electron chi connectivity index (χ2n) is 8.00. The van der Waals surface area contributed by atoms with Crippen molar-refractivity contribution in [3.05, 3.63) is 51.7 Å². The molecule has 2 saturated heterocycles. The number of nitrogens with zero attached hydrogens (tertiary/aromatic N) is 2. The predicted molar refractivity (Wildman–Crippen MR) is 114 cm³/mol. The highest BCUT2D eigenvalue weighted by Crippen LogP contribution is 2.42. The van der Waals surface area contributed by atoms with Crippen LogP contribution in [0.15, 0.2) is 40.6 Å². The van der Waals surface area contributed by atoms with Gasteiger partial charge in [-0.05, 0) is 48.4 Å². The zero-order valence-corrected chi connectivity index (χ0v) is 18.5. The lowest BCUT2D eigenvalue weighted by Gasteiger charge is -2.31. The molecule has 1 aliphatic carbocycles. The minimum Gasteiger partial charge on any atom is -0.379 e. The van der Waals surface area contributed by atoms with E-state index in [0.717, 1.165) is 23.3 Å². The first kappa shape index (κ1) is 20.6. The Kier molecular flexibility index (Phi) is 5.12. The fraction of sp³-hybridized carbons (Fsp3) is 0.429. The maximum Gasteiger partial charge on any atom is 0.325 e. The molecule has 10 heteroatoms. The van der Waals surface area contributed by atoms with Crippen molar-refractivity contribution in [3.63, 3.8) is 0 Å². The first-order chi connectivity index (χ1) is 14.9. The summed E-state index contributed by atoms with van der Waals surface area (Å²) < 4.78 is 32.6. The molecule has 0 saturated carbocycles. The van der Waals surface area contributed by atoms with Crippen LogP contribution in [0.5, 0.6) is 0 Å². The van der Waals surface area contributed by atoms with Gasteiger partial charge < -0.3 is 10.1 Å². The zero-order valence-electron chi connectivity index (χ0n) is 16.9. The number of sulfonamides is 1. The van der Waals surface area contributed by atoms with Crippen LogP contribution < -0.4 is 5.32 Å². The molecule has 2 aromatic rings. The summed E-state index contributed by atoms with van der Waals surface area (Å²) in [5.41, 5.74) is 0.492. The highest BCUT2D eigenvalue weighted by molar-refractivity contribution is 7.89. The minimum atomic E-state index is -3.65. The summed E-state index contributed by atoms with van der Waals surface area (Å²) in [4.78, 5) is 28.7. The molecule has 1 spiro atoms. The molecular formula is C21H23N3O5S2. The second kappa shape index (κ2) is 7.70. The summed E-state index contributed by atoms with van der Waals surface area (Å²) in [6, 6.07) is 7.96. The van der Waals surface area contributed by atoms with Crippen molar-refractivity contribution in [2.24, 2.45) is 0 Å². The molecule has 2 aliphatic heterocycles. The fourth-order valence-corrected chi connectivity index (χ4v) is 7.09. The van der Waals surface area contributed by atoms with E-state index in [1.807, 2.05) is 11.4 Å². The van der Waals surface area contributed by atoms with Gasteiger partial charge in [-0.15, -0.1) is 11.3 Å². The molecule has 3 aliphatic rings. The van der Waals surface area contributed by atoms with E-state index in [0.29, 0.717) is 38.3 Å². The van der Waals surface area contributed by atoms with E-state index in [9.17, 15) is 18.0 Å². The van der Waals surface area contributed by atoms with Crippen molar-refractivity contribution < 1.29 is 22.7 Å². The third-order valence-electron chi connectivity index (χ3n) is 6.18. The maximum atomic E-state index is 13.4. The maximum absolute atomic E-state index is 13.4. The summed E-state index contributed by atoms with van der Waals surface area (Å²) in [6.07, 6.45) is 2.32. The van der Waals surface area contributed by atoms with Crippen molar-refractivity contribution in [2.75, 3.05) is 26.3 Å². The number of benzene rings is 1. The van der Waals surface area contributed by atoms with Gasteiger partial charge in [0, 0.05) is 23.5 Å². The standard InChI is InChI=1S/C21H23N3O5S2/c25-19-21(7-2-5-18-17(21)6-12-30-18)22-20(26)24(19)14-15-3-1-4-16(13-15)31(27,28)23-8-10-29-11-9-23/h1,3-4,6,12-13H,2,5,7-11,14H2,(H,22,26)/t21-/m1/s1. The van der Waals surface area contributed by atoms with Crippen molar-refractivity contribution in [1.82, 2.24) is 14.5 Å². The molecule has 164 valence electrons. The van der Waals surface area contributed by atoms with Crippen molar-refractivity contribution in [1.29, 1.82) is 0 Å². The Morgan fingerprint density at radius 2 is 1.97 bits per heavy atom. The van der Waals surface area contributed by atoms with Crippen LogP contribution in [0.2, 0.25) is 0 Å². The summed E-state index contributed by atoms with van der Waals surface area (Å²) in [7, 11) is -3.65. The summed E-state index contributed by atoms with van der Waals surface area (Å²) in [6.45, 7) is 1.39. The molecule has 5 rings (SSSR count). The highest BCUT2D eigenvalue weighted by atomic mass is 32.2. The van der Waals surface area contributed by atoms with Gasteiger partial charge in [-0.1, -0.05) is 12.1 Å². The lowest BCUT2D eigenvalue weighted by Crippen LogP contribution is -2.46. The largest absolute Gasteiger partial charge is 0.379 e. The minimum absolute atomic E-state index is 0.0261. The molecule has 0 unspecified atom stereocenters. The molecule has 1 N–H and O–H groups in total. The number of hydrogen-bond acceptors (Lipinski definition) is 6. The Morgan fingerprint density at radius 1 is 1.16 bits per heavy atom. The molecule has 31 heavy (non-hydrogen) atoms. The highest BCUT2D eigenvalue weighted by Gasteiger charge is 2.54. The molecule has 3 amide bonds. The molecule has 0 radical (unpaired) electrons. The van der Waals surface area contributed by atoms with E-state index < -0.39 is 21.6 Å². The molecule has 1 aromatic carbocycles. The van der Waals surface area contributed by atoms with Gasteiger partial charge in [0.25, 0.3) is 5.91 Å². The lowest BCUT2D eigenvalue weighted by molar-refractivity contribution is -0.132. The molecule has 1 atom stereocenters. The van der Waals surface area contributed by atoms with E-state index in [4.69, 9.17) is 4.74 Å². The molecule has 3 heterocycles. The lowest BCUT2D eigenvalue weighted by atomic mass is 9.80. The van der Waals surface area contributed by atoms with Crippen molar-refractivity contribution >= 4 is 33.3 Å². The van der Waals surface area contributed by atoms with Crippen LogP contribution >= 0.6 is 11.3 Å². The van der Waals surface area contributed by atoms with Crippen LogP contribution in [0.1, 0.15) is 28.8 Å². The second-order valence-corrected chi connectivity index (χ2v) is 10.9. The number of carbonyl (C=O) groups is 2. The third kappa shape index (κ3) is 3.38. The van der Waals surface area contributed by atoms with Gasteiger partial charge in [0.2, 0.25) is 10.0 Å². The first-order valence-electron chi connectivity index (χ1n) is 10.3. The smallest absolute Gasteiger partial charge is 0.325 e. The Morgan fingerprint density at radius 3 is 2.77 bits per heavy atom. The Balaban J connectivity index is 1.41. The topological polar surface area (TPSA) is 96.0 Å². The number of hydrogen-bond donors (Lipinski definition) is 1. The average Bonchev–Trinajstić information content (AvgIpc) is 3.35. The average molecular weight is 462 g/mol. The Bertz CT molecular complexity index is 1140. The number of amides is 3. The molecular weight excluding hydrogens is 438 g/mol. The van der Waals surface area contributed by atoms with E-state index in [1.165, 1.54) is 9.21 Å². The van der Waals surface area contributed by atoms with Gasteiger partial charge in [-0.25, -0.2) is 13.2 Å². The van der Waals surface area contributed by atoms with Crippen LogP contribution in [0.3, 0.4) is 0 Å². The number of ether oxygens (including phenoxy) is 1. The summed E-state index contributed by atoms with van der Waals surface area (Å²) >= 11 is 1.61. The first-order valence-corrected chi connectivity index (χ1v) is 12.6. The molecule has 0 bridgehead atoms. The quantitative estimate of drug-likeness (QED) is 0.703. The van der Waals surface area contributed by atoms with E-state index in [2.05, 4.69) is 5.32 Å². The number of morpholine rings is 1. The summed E-state index contributed by atoms with van der Waals surface area (Å²) in [5.74, 6) is -0.265. The van der Waals surface area contributed by atoms with Crippen LogP contribution in [0.4, 0.5) is 4.79 Å². The molecule has 2 fully saturated rings. The van der Waals surface area contributed by atoms with E-state index in [1.54, 1.807) is 35.6 Å². The normalized spacial score (nSPS) is 24.5. The van der Waals surface area contributed by atoms with Crippen molar-refractivity contribution in [2.45, 2.75) is 36.2 Å². The number of rotatable bonds is 4. The van der Waals surface area contributed by atoms with Crippen LogP contribution in [0, 0.1) is 0 Å². The Hall–Kier alpha value is -2.27. The Labute approximate surface area is 184 Å². The molecule has 1 aromatic heterocycles. The van der Waals surface area contributed by atoms with Crippen LogP contribution in [-0.4, -0.2) is 55.9 Å². The van der Waals surface area contributed by atoms with Crippen molar-refractivity contribution in [3.8, 4) is 0 Å². The monoisotopic (exact) mass is 461 g/mol. The van der Waals surface area contributed by atoms with E-state index >= 15 is 0 Å². The summed E-state index contributed by atoms with van der Waals surface area (Å²) in [5, 5.41) is 4.89. The molecule has 8 nitrogen and oxygen atoms in total. The third-order valence-corrected chi connectivity index (χ3v) is 9.06. The van der Waals surface area contributed by atoms with Crippen LogP contribution in [0.25, 0.3) is 0 Å². The number of thiophene rings is 1. The number of carbonyl (C=O) groups excluding carboxylic acids is 2. The van der Waals surface area contributed by atoms with Gasteiger partial charge >= 0.3 is 6.03 Å². The van der Waals surface area contributed by atoms with Gasteiger partial charge in [0.15, 0.2) is 0 Å². The van der Waals surface area contributed by atoms with Gasteiger partial charge in [-0.2, -0.15) is 4.31 Å². The number of fused-ring (bicyclic) bond motifs is 2. The van der Waals surface area contributed by atoms with Gasteiger partial charge in [0.05, 0.1) is 24.7 Å². The SMILES string of the molecule is O=C1N[C@@]2(CCCc3sccc32)C(=O)N1Cc1cccc(S(=O)(=O)N2CCOCC2)c1. The van der Waals surface area contributed by atoms with Crippen LogP contribution in [-0.2, 0) is 38.1 Å². The predicted octanol–water partition coefficient (Wildman–Crippen LogP) is 2.05. The van der Waals surface area contributed by atoms with E-state index in [-0.39, 0.29) is 17.3 Å². The number of aryl methyl sites for hydroxylation is 1. The number of nitrogens with one attached hydrogen (secondary N) is 1. The van der Waals surface area contributed by atoms with Gasteiger partial charge in [0.1, 0.15) is 5.54 Å².